The van der Waals surface area contributed by atoms with Crippen molar-refractivity contribution < 1.29 is 18.7 Å². The van der Waals surface area contributed by atoms with Crippen LogP contribution in [0.25, 0.3) is 0 Å². The summed E-state index contributed by atoms with van der Waals surface area (Å²) in [4.78, 5) is 14.2. The van der Waals surface area contributed by atoms with Gasteiger partial charge in [-0.1, -0.05) is 27.5 Å². The molecule has 82 valence electrons. The summed E-state index contributed by atoms with van der Waals surface area (Å²) in [5.41, 5.74) is -0.916. The highest BCUT2D eigenvalue weighted by Gasteiger charge is 2.21. The first kappa shape index (κ1) is 12.3. The van der Waals surface area contributed by atoms with Gasteiger partial charge in [0.15, 0.2) is 5.69 Å². The molecule has 0 aromatic carbocycles. The highest BCUT2D eigenvalue weighted by molar-refractivity contribution is 9.08. The summed E-state index contributed by atoms with van der Waals surface area (Å²) in [5, 5.41) is 8.47. The highest BCUT2D eigenvalue weighted by Crippen LogP contribution is 2.28. The molecule has 1 heterocycles. The minimum Gasteiger partial charge on any atom is -0.477 e. The molecule has 1 aromatic rings. The van der Waals surface area contributed by atoms with E-state index in [1.165, 1.54) is 0 Å². The molecule has 0 unspecified atom stereocenters. The Morgan fingerprint density at radius 1 is 1.67 bits per heavy atom. The average Bonchev–Trinajstić information content (AvgIpc) is 2.16. The summed E-state index contributed by atoms with van der Waals surface area (Å²) < 4.78 is 25.1. The molecule has 0 spiro atoms. The van der Waals surface area contributed by atoms with E-state index in [9.17, 15) is 13.6 Å². The van der Waals surface area contributed by atoms with Gasteiger partial charge < -0.3 is 5.11 Å². The molecule has 3 nitrogen and oxygen atoms in total. The number of hydrogen-bond donors (Lipinski definition) is 1. The Labute approximate surface area is 97.2 Å². The van der Waals surface area contributed by atoms with Gasteiger partial charge in [0.1, 0.15) is 5.15 Å². The lowest BCUT2D eigenvalue weighted by atomic mass is 10.1. The molecule has 0 aliphatic heterocycles. The Kier molecular flexibility index (Phi) is 3.98. The van der Waals surface area contributed by atoms with Gasteiger partial charge in [0.2, 0.25) is 0 Å². The SMILES string of the molecule is O=C(O)c1nc(Cl)cc(C(F)F)c1CBr. The van der Waals surface area contributed by atoms with Crippen LogP contribution in [-0.2, 0) is 5.33 Å². The second-order valence-corrected chi connectivity index (χ2v) is 3.55. The molecule has 1 aromatic heterocycles. The van der Waals surface area contributed by atoms with E-state index in [1.807, 2.05) is 0 Å². The van der Waals surface area contributed by atoms with E-state index in [-0.39, 0.29) is 16.0 Å². The predicted octanol–water partition coefficient (Wildman–Crippen LogP) is 3.27. The van der Waals surface area contributed by atoms with Crippen molar-refractivity contribution in [3.8, 4) is 0 Å². The predicted molar refractivity (Wildman–Crippen MR) is 53.8 cm³/mol. The molecule has 7 heteroatoms. The fraction of sp³-hybridized carbons (Fsp3) is 0.250. The van der Waals surface area contributed by atoms with Gasteiger partial charge in [-0.05, 0) is 6.07 Å². The van der Waals surface area contributed by atoms with Crippen molar-refractivity contribution in [1.29, 1.82) is 0 Å². The smallest absolute Gasteiger partial charge is 0.354 e. The number of carboxylic acids is 1. The molecule has 1 rings (SSSR count). The van der Waals surface area contributed by atoms with Crippen LogP contribution >= 0.6 is 27.5 Å². The van der Waals surface area contributed by atoms with Gasteiger partial charge in [-0.25, -0.2) is 18.6 Å². The maximum atomic E-state index is 12.5. The summed E-state index contributed by atoms with van der Waals surface area (Å²) in [5.74, 6) is -1.38. The van der Waals surface area contributed by atoms with Gasteiger partial charge in [-0.15, -0.1) is 0 Å². The number of nitrogens with zero attached hydrogens (tertiary/aromatic N) is 1. The quantitative estimate of drug-likeness (QED) is 0.688. The van der Waals surface area contributed by atoms with Crippen molar-refractivity contribution in [3.63, 3.8) is 0 Å². The van der Waals surface area contributed by atoms with E-state index < -0.39 is 23.7 Å². The third-order valence-electron chi connectivity index (χ3n) is 1.70. The van der Waals surface area contributed by atoms with Crippen molar-refractivity contribution in [2.24, 2.45) is 0 Å². The average molecular weight is 300 g/mol. The molecule has 0 bridgehead atoms. The van der Waals surface area contributed by atoms with Crippen LogP contribution in [-0.4, -0.2) is 16.1 Å². The number of aromatic nitrogens is 1. The number of carbonyl (C=O) groups is 1. The zero-order chi connectivity index (χ0) is 11.6. The monoisotopic (exact) mass is 299 g/mol. The third-order valence-corrected chi connectivity index (χ3v) is 2.45. The molecular weight excluding hydrogens is 295 g/mol. The molecule has 0 fully saturated rings. The van der Waals surface area contributed by atoms with Gasteiger partial charge in [0, 0.05) is 16.5 Å². The second kappa shape index (κ2) is 4.85. The topological polar surface area (TPSA) is 50.2 Å². The molecule has 0 saturated carbocycles. The number of carboxylic acid groups (broad SMARTS) is 1. The first-order valence-corrected chi connectivity index (χ1v) is 5.24. The van der Waals surface area contributed by atoms with Gasteiger partial charge in [0.25, 0.3) is 6.43 Å². The highest BCUT2D eigenvalue weighted by atomic mass is 79.9. The van der Waals surface area contributed by atoms with Crippen LogP contribution in [0.4, 0.5) is 8.78 Å². The van der Waals surface area contributed by atoms with E-state index in [1.54, 1.807) is 0 Å². The number of pyridine rings is 1. The minimum absolute atomic E-state index is 0.0154. The normalized spacial score (nSPS) is 10.7. The summed E-state index contributed by atoms with van der Waals surface area (Å²) in [7, 11) is 0. The Morgan fingerprint density at radius 3 is 2.67 bits per heavy atom. The zero-order valence-electron chi connectivity index (χ0n) is 7.18. The third kappa shape index (κ3) is 2.63. The van der Waals surface area contributed by atoms with Crippen LogP contribution in [0.15, 0.2) is 6.07 Å². The minimum atomic E-state index is -2.78. The Balaban J connectivity index is 3.45. The summed E-state index contributed by atoms with van der Waals surface area (Å²) in [6.07, 6.45) is -2.78. The van der Waals surface area contributed by atoms with Gasteiger partial charge in [0.05, 0.1) is 0 Å². The second-order valence-electron chi connectivity index (χ2n) is 2.60. The maximum Gasteiger partial charge on any atom is 0.354 e. The van der Waals surface area contributed by atoms with Crippen molar-refractivity contribution in [1.82, 2.24) is 4.98 Å². The number of aromatic carboxylic acids is 1. The molecule has 0 radical (unpaired) electrons. The van der Waals surface area contributed by atoms with Crippen molar-refractivity contribution >= 4 is 33.5 Å². The standard InChI is InChI=1S/C8H5BrClF2NO2/c9-2-4-3(7(11)12)1-5(10)13-6(4)8(14)15/h1,7H,2H2,(H,14,15). The lowest BCUT2D eigenvalue weighted by Gasteiger charge is -2.09. The van der Waals surface area contributed by atoms with Crippen LogP contribution in [0.5, 0.6) is 0 Å². The summed E-state index contributed by atoms with van der Waals surface area (Å²) in [6.45, 7) is 0. The Morgan fingerprint density at radius 2 is 2.27 bits per heavy atom. The molecule has 0 saturated heterocycles. The molecule has 0 aliphatic rings. The molecular formula is C8H5BrClF2NO2. The van der Waals surface area contributed by atoms with E-state index in [0.29, 0.717) is 0 Å². The van der Waals surface area contributed by atoms with Gasteiger partial charge in [-0.2, -0.15) is 0 Å². The van der Waals surface area contributed by atoms with Crippen molar-refractivity contribution in [2.45, 2.75) is 11.8 Å². The first-order valence-electron chi connectivity index (χ1n) is 3.74. The fourth-order valence-corrected chi connectivity index (χ4v) is 1.86. The summed E-state index contributed by atoms with van der Waals surface area (Å²) >= 11 is 8.38. The number of halogens is 4. The lowest BCUT2D eigenvalue weighted by molar-refractivity contribution is 0.0689. The lowest BCUT2D eigenvalue weighted by Crippen LogP contribution is -2.08. The molecule has 0 atom stereocenters. The number of alkyl halides is 3. The van der Waals surface area contributed by atoms with Crippen LogP contribution in [0, 0.1) is 0 Å². The van der Waals surface area contributed by atoms with Crippen LogP contribution in [0.2, 0.25) is 5.15 Å². The molecule has 0 aliphatic carbocycles. The Hall–Kier alpha value is -0.750. The van der Waals surface area contributed by atoms with E-state index in [0.717, 1.165) is 6.07 Å². The van der Waals surface area contributed by atoms with Crippen molar-refractivity contribution in [2.75, 3.05) is 0 Å². The fourth-order valence-electron chi connectivity index (χ4n) is 1.07. The molecule has 0 amide bonds. The van der Waals surface area contributed by atoms with Crippen LogP contribution in [0.3, 0.4) is 0 Å². The zero-order valence-corrected chi connectivity index (χ0v) is 9.52. The number of hydrogen-bond acceptors (Lipinski definition) is 2. The van der Waals surface area contributed by atoms with Crippen molar-refractivity contribution in [3.05, 3.63) is 28.0 Å². The largest absolute Gasteiger partial charge is 0.477 e. The number of rotatable bonds is 3. The first-order chi connectivity index (χ1) is 6.97. The van der Waals surface area contributed by atoms with Gasteiger partial charge in [-0.3, -0.25) is 0 Å². The van der Waals surface area contributed by atoms with E-state index >= 15 is 0 Å². The van der Waals surface area contributed by atoms with Gasteiger partial charge >= 0.3 is 5.97 Å². The molecule has 1 N–H and O–H groups in total. The van der Waals surface area contributed by atoms with E-state index in [2.05, 4.69) is 20.9 Å². The van der Waals surface area contributed by atoms with E-state index in [4.69, 9.17) is 16.7 Å². The van der Waals surface area contributed by atoms with Crippen LogP contribution < -0.4 is 0 Å². The Bertz CT molecular complexity index is 400. The molecule has 15 heavy (non-hydrogen) atoms. The maximum absolute atomic E-state index is 12.5. The summed E-state index contributed by atoms with van der Waals surface area (Å²) in [6, 6.07) is 0.968. The van der Waals surface area contributed by atoms with Crippen LogP contribution in [0.1, 0.15) is 28.0 Å².